The van der Waals surface area contributed by atoms with E-state index >= 15 is 0 Å². The summed E-state index contributed by atoms with van der Waals surface area (Å²) in [6, 6.07) is 0.875. The van der Waals surface area contributed by atoms with Gasteiger partial charge in [0, 0.05) is 12.7 Å². The summed E-state index contributed by atoms with van der Waals surface area (Å²) in [5.74, 6) is 0.259. The zero-order valence-electron chi connectivity index (χ0n) is 9.52. The molecular formula is C11H13ClF3N3. The number of anilines is 1. The van der Waals surface area contributed by atoms with Crippen molar-refractivity contribution in [3.8, 4) is 0 Å². The molecule has 0 bridgehead atoms. The zero-order chi connectivity index (χ0) is 13.4. The van der Waals surface area contributed by atoms with Gasteiger partial charge in [-0.05, 0) is 25.3 Å². The monoisotopic (exact) mass is 279 g/mol. The SMILES string of the molecule is NCC1(Nc2ncc(C(F)(F)F)cc2Cl)CCC1. The van der Waals surface area contributed by atoms with Crippen molar-refractivity contribution in [3.63, 3.8) is 0 Å². The highest BCUT2D eigenvalue weighted by molar-refractivity contribution is 6.33. The molecule has 3 N–H and O–H groups in total. The molecule has 7 heteroatoms. The Morgan fingerprint density at radius 2 is 2.11 bits per heavy atom. The van der Waals surface area contributed by atoms with Crippen molar-refractivity contribution in [1.29, 1.82) is 0 Å². The van der Waals surface area contributed by atoms with E-state index in [0.717, 1.165) is 31.5 Å². The largest absolute Gasteiger partial charge is 0.417 e. The van der Waals surface area contributed by atoms with E-state index in [1.165, 1.54) is 0 Å². The average Bonchev–Trinajstić information content (AvgIpc) is 2.24. The van der Waals surface area contributed by atoms with Gasteiger partial charge < -0.3 is 11.1 Å². The van der Waals surface area contributed by atoms with Gasteiger partial charge in [-0.25, -0.2) is 4.98 Å². The summed E-state index contributed by atoms with van der Waals surface area (Å²) in [6.07, 6.45) is -0.859. The fourth-order valence-electron chi connectivity index (χ4n) is 1.92. The summed E-state index contributed by atoms with van der Waals surface area (Å²) >= 11 is 5.81. The van der Waals surface area contributed by atoms with Crippen molar-refractivity contribution < 1.29 is 13.2 Å². The van der Waals surface area contributed by atoms with Crippen LogP contribution in [-0.2, 0) is 6.18 Å². The summed E-state index contributed by atoms with van der Waals surface area (Å²) in [6.45, 7) is 0.409. The lowest BCUT2D eigenvalue weighted by Crippen LogP contribution is -2.51. The van der Waals surface area contributed by atoms with Crippen LogP contribution in [0.25, 0.3) is 0 Å². The van der Waals surface area contributed by atoms with Crippen LogP contribution in [-0.4, -0.2) is 17.1 Å². The van der Waals surface area contributed by atoms with Crippen LogP contribution in [0.4, 0.5) is 19.0 Å². The molecule has 3 nitrogen and oxygen atoms in total. The normalized spacial score (nSPS) is 18.3. The van der Waals surface area contributed by atoms with E-state index < -0.39 is 11.7 Å². The van der Waals surface area contributed by atoms with Crippen LogP contribution in [0.1, 0.15) is 24.8 Å². The first kappa shape index (κ1) is 13.4. The van der Waals surface area contributed by atoms with Gasteiger partial charge in [0.25, 0.3) is 0 Å². The minimum atomic E-state index is -4.43. The first-order valence-electron chi connectivity index (χ1n) is 5.57. The van der Waals surface area contributed by atoms with Gasteiger partial charge >= 0.3 is 6.18 Å². The van der Waals surface area contributed by atoms with Crippen molar-refractivity contribution in [2.24, 2.45) is 5.73 Å². The summed E-state index contributed by atoms with van der Waals surface area (Å²) < 4.78 is 37.3. The topological polar surface area (TPSA) is 50.9 Å². The molecule has 0 spiro atoms. The molecule has 0 saturated heterocycles. The number of hydrogen-bond acceptors (Lipinski definition) is 3. The fourth-order valence-corrected chi connectivity index (χ4v) is 2.13. The molecule has 100 valence electrons. The van der Waals surface area contributed by atoms with E-state index in [2.05, 4.69) is 10.3 Å². The van der Waals surface area contributed by atoms with Crippen molar-refractivity contribution >= 4 is 17.4 Å². The molecule has 0 unspecified atom stereocenters. The number of nitrogens with one attached hydrogen (secondary N) is 1. The van der Waals surface area contributed by atoms with Crippen LogP contribution >= 0.6 is 11.6 Å². The zero-order valence-corrected chi connectivity index (χ0v) is 10.3. The Morgan fingerprint density at radius 3 is 2.50 bits per heavy atom. The van der Waals surface area contributed by atoms with Gasteiger partial charge in [0.05, 0.1) is 16.1 Å². The van der Waals surface area contributed by atoms with Gasteiger partial charge in [-0.2, -0.15) is 13.2 Å². The summed E-state index contributed by atoms with van der Waals surface area (Å²) in [4.78, 5) is 3.74. The molecule has 1 saturated carbocycles. The van der Waals surface area contributed by atoms with Gasteiger partial charge in [0.15, 0.2) is 0 Å². The summed E-state index contributed by atoms with van der Waals surface area (Å²) in [5.41, 5.74) is 4.53. The smallest absolute Gasteiger partial charge is 0.362 e. The molecule has 0 atom stereocenters. The van der Waals surface area contributed by atoms with E-state index in [9.17, 15) is 13.2 Å². The number of nitrogens with zero attached hydrogens (tertiary/aromatic N) is 1. The van der Waals surface area contributed by atoms with Gasteiger partial charge in [0.2, 0.25) is 0 Å². The maximum atomic E-state index is 12.4. The first-order valence-corrected chi connectivity index (χ1v) is 5.95. The Hall–Kier alpha value is -1.01. The van der Waals surface area contributed by atoms with Crippen LogP contribution in [0, 0.1) is 0 Å². The molecule has 1 heterocycles. The standard InChI is InChI=1S/C11H13ClF3N3/c12-8-4-7(11(13,14)15)5-17-9(8)18-10(6-16)2-1-3-10/h4-5H,1-3,6,16H2,(H,17,18). The number of pyridine rings is 1. The third kappa shape index (κ3) is 2.54. The molecule has 0 aromatic carbocycles. The van der Waals surface area contributed by atoms with E-state index in [0.29, 0.717) is 6.54 Å². The molecule has 0 aliphatic heterocycles. The summed E-state index contributed by atoms with van der Waals surface area (Å²) in [7, 11) is 0. The quantitative estimate of drug-likeness (QED) is 0.894. The second kappa shape index (κ2) is 4.59. The number of halogens is 4. The van der Waals surface area contributed by atoms with Gasteiger partial charge in [-0.1, -0.05) is 11.6 Å². The number of rotatable bonds is 3. The number of alkyl halides is 3. The minimum Gasteiger partial charge on any atom is -0.362 e. The Morgan fingerprint density at radius 1 is 1.44 bits per heavy atom. The third-order valence-corrected chi connectivity index (χ3v) is 3.54. The van der Waals surface area contributed by atoms with Crippen LogP contribution in [0.2, 0.25) is 5.02 Å². The molecular weight excluding hydrogens is 267 g/mol. The Labute approximate surface area is 108 Å². The van der Waals surface area contributed by atoms with Crippen LogP contribution in [0.5, 0.6) is 0 Å². The Bertz CT molecular complexity index is 438. The van der Waals surface area contributed by atoms with Crippen molar-refractivity contribution in [3.05, 3.63) is 22.8 Å². The number of nitrogens with two attached hydrogens (primary N) is 1. The van der Waals surface area contributed by atoms with Crippen LogP contribution in [0.15, 0.2) is 12.3 Å². The molecule has 1 aliphatic carbocycles. The van der Waals surface area contributed by atoms with Crippen LogP contribution < -0.4 is 11.1 Å². The predicted molar refractivity (Wildman–Crippen MR) is 63.5 cm³/mol. The number of hydrogen-bond donors (Lipinski definition) is 2. The van der Waals surface area contributed by atoms with Crippen molar-refractivity contribution in [2.75, 3.05) is 11.9 Å². The van der Waals surface area contributed by atoms with Gasteiger partial charge in [0.1, 0.15) is 5.82 Å². The molecule has 2 rings (SSSR count). The maximum absolute atomic E-state index is 12.4. The molecule has 1 aromatic rings. The van der Waals surface area contributed by atoms with Gasteiger partial charge in [-0.3, -0.25) is 0 Å². The average molecular weight is 280 g/mol. The lowest BCUT2D eigenvalue weighted by atomic mass is 9.77. The first-order chi connectivity index (χ1) is 8.36. The van der Waals surface area contributed by atoms with E-state index in [-0.39, 0.29) is 16.4 Å². The van der Waals surface area contributed by atoms with Crippen LogP contribution in [0.3, 0.4) is 0 Å². The molecule has 0 amide bonds. The van der Waals surface area contributed by atoms with Crippen molar-refractivity contribution in [1.82, 2.24) is 4.98 Å². The molecule has 1 aromatic heterocycles. The minimum absolute atomic E-state index is 0.0375. The molecule has 1 fully saturated rings. The highest BCUT2D eigenvalue weighted by Crippen LogP contribution is 2.37. The predicted octanol–water partition coefficient (Wildman–Crippen LogP) is 3.05. The van der Waals surface area contributed by atoms with E-state index in [1.54, 1.807) is 0 Å². The molecule has 0 radical (unpaired) electrons. The lowest BCUT2D eigenvalue weighted by Gasteiger charge is -2.42. The van der Waals surface area contributed by atoms with Crippen molar-refractivity contribution in [2.45, 2.75) is 31.0 Å². The highest BCUT2D eigenvalue weighted by atomic mass is 35.5. The Kier molecular flexibility index (Phi) is 3.42. The second-order valence-electron chi connectivity index (χ2n) is 4.52. The van der Waals surface area contributed by atoms with Gasteiger partial charge in [-0.15, -0.1) is 0 Å². The maximum Gasteiger partial charge on any atom is 0.417 e. The second-order valence-corrected chi connectivity index (χ2v) is 4.92. The molecule has 18 heavy (non-hydrogen) atoms. The fraction of sp³-hybridized carbons (Fsp3) is 0.545. The summed E-state index contributed by atoms with van der Waals surface area (Å²) in [5, 5.41) is 3.02. The lowest BCUT2D eigenvalue weighted by molar-refractivity contribution is -0.137. The highest BCUT2D eigenvalue weighted by Gasteiger charge is 2.37. The number of aromatic nitrogens is 1. The third-order valence-electron chi connectivity index (χ3n) is 3.25. The van der Waals surface area contributed by atoms with E-state index in [4.69, 9.17) is 17.3 Å². The molecule has 1 aliphatic rings. The Balaban J connectivity index is 2.20. The van der Waals surface area contributed by atoms with E-state index in [1.807, 2.05) is 0 Å².